The minimum absolute atomic E-state index is 0.0976. The van der Waals surface area contributed by atoms with Crippen molar-refractivity contribution in [3.8, 4) is 5.75 Å². The van der Waals surface area contributed by atoms with Gasteiger partial charge in [-0.1, -0.05) is 188 Å². The molecule has 7 aromatic carbocycles. The summed E-state index contributed by atoms with van der Waals surface area (Å²) in [6, 6.07) is 63.0. The van der Waals surface area contributed by atoms with Crippen LogP contribution in [0.15, 0.2) is 188 Å². The maximum atomic E-state index is 9.53. The van der Waals surface area contributed by atoms with Crippen molar-refractivity contribution in [1.29, 1.82) is 0 Å². The van der Waals surface area contributed by atoms with E-state index in [1.807, 2.05) is 109 Å². The Morgan fingerprint density at radius 1 is 0.469 bits per heavy atom. The zero-order valence-corrected chi connectivity index (χ0v) is 36.7. The molecular weight excluding hydrogens is 820 g/mol. The third-order valence-corrected chi connectivity index (χ3v) is 11.8. The second-order valence-electron chi connectivity index (χ2n) is 16.1. The van der Waals surface area contributed by atoms with Crippen LogP contribution in [-0.4, -0.2) is 42.7 Å². The largest absolute Gasteiger partial charge is 0.488 e. The molecule has 0 spiro atoms. The van der Waals surface area contributed by atoms with Gasteiger partial charge in [-0.25, -0.2) is 0 Å². The molecule has 64 heavy (non-hydrogen) atoms. The van der Waals surface area contributed by atoms with Crippen LogP contribution in [-0.2, 0) is 69.6 Å². The average molecular weight is 876 g/mol. The monoisotopic (exact) mass is 874 g/mol. The number of aliphatic hydroxyl groups is 1. The molecule has 0 aromatic heterocycles. The van der Waals surface area contributed by atoms with Gasteiger partial charge in [0.05, 0.1) is 33.0 Å². The van der Waals surface area contributed by atoms with Crippen LogP contribution in [0, 0.1) is 0 Å². The van der Waals surface area contributed by atoms with Gasteiger partial charge in [-0.15, -0.1) is 0 Å². The van der Waals surface area contributed by atoms with E-state index in [-0.39, 0.29) is 13.2 Å². The van der Waals surface area contributed by atoms with Gasteiger partial charge in [-0.3, -0.25) is 0 Å². The average Bonchev–Trinajstić information content (AvgIpc) is 3.34. The number of hydrogen-bond donors (Lipinski definition) is 1. The lowest BCUT2D eigenvalue weighted by Crippen LogP contribution is -2.58. The molecule has 1 aliphatic rings. The Kier molecular flexibility index (Phi) is 16.4. The molecule has 7 aromatic rings. The zero-order valence-electron chi connectivity index (χ0n) is 35.9. The molecule has 328 valence electrons. The van der Waals surface area contributed by atoms with Crippen LogP contribution in [0.2, 0.25) is 5.02 Å². The fourth-order valence-corrected chi connectivity index (χ4v) is 8.27. The van der Waals surface area contributed by atoms with Crippen LogP contribution in [0.5, 0.6) is 5.75 Å². The Morgan fingerprint density at radius 3 is 1.44 bits per heavy atom. The lowest BCUT2D eigenvalue weighted by Gasteiger charge is -2.46. The van der Waals surface area contributed by atoms with Crippen LogP contribution in [0.3, 0.4) is 0 Å². The molecule has 0 amide bonds. The summed E-state index contributed by atoms with van der Waals surface area (Å²) < 4.78 is 41.8. The van der Waals surface area contributed by atoms with Crippen molar-refractivity contribution in [2.45, 2.75) is 76.4 Å². The predicted molar refractivity (Wildman–Crippen MR) is 251 cm³/mol. The molecule has 1 fully saturated rings. The second kappa shape index (κ2) is 23.4. The highest BCUT2D eigenvalue weighted by Crippen LogP contribution is 2.44. The SMILES string of the molecule is OCCc1ccc(Cc2cc([C@@H]3O[C@H](COCc4ccccc4)[C@@H](OCc4ccccc4)[C@H](OCc4ccccc4)[C@H]3OCc3ccccc3)c(OCc3ccccc3)cc2Cl)cc1. The lowest BCUT2D eigenvalue weighted by molar-refractivity contribution is -0.275. The third kappa shape index (κ3) is 12.6. The molecule has 1 heterocycles. The van der Waals surface area contributed by atoms with Crippen molar-refractivity contribution in [3.63, 3.8) is 0 Å². The Hall–Kier alpha value is -5.61. The second-order valence-corrected chi connectivity index (χ2v) is 16.5. The number of ether oxygens (including phenoxy) is 6. The van der Waals surface area contributed by atoms with Gasteiger partial charge < -0.3 is 33.5 Å². The Bertz CT molecular complexity index is 2420. The van der Waals surface area contributed by atoms with Crippen molar-refractivity contribution in [2.24, 2.45) is 0 Å². The lowest BCUT2D eigenvalue weighted by atomic mass is 9.88. The van der Waals surface area contributed by atoms with E-state index in [1.54, 1.807) is 0 Å². The van der Waals surface area contributed by atoms with Crippen LogP contribution >= 0.6 is 11.6 Å². The van der Waals surface area contributed by atoms with Gasteiger partial charge in [-0.05, 0) is 69.5 Å². The highest BCUT2D eigenvalue weighted by molar-refractivity contribution is 6.31. The van der Waals surface area contributed by atoms with Crippen LogP contribution < -0.4 is 4.74 Å². The van der Waals surface area contributed by atoms with Gasteiger partial charge in [0, 0.05) is 17.2 Å². The molecule has 0 bridgehead atoms. The first-order valence-electron chi connectivity index (χ1n) is 22.0. The molecule has 7 nitrogen and oxygen atoms in total. The first kappa shape index (κ1) is 45.0. The molecule has 1 saturated heterocycles. The first-order chi connectivity index (χ1) is 31.6. The molecule has 0 radical (unpaired) electrons. The number of aliphatic hydroxyl groups excluding tert-OH is 1. The first-order valence-corrected chi connectivity index (χ1v) is 22.4. The van der Waals surface area contributed by atoms with Crippen LogP contribution in [0.4, 0.5) is 0 Å². The summed E-state index contributed by atoms with van der Waals surface area (Å²) in [6.07, 6.45) is -2.04. The normalized spacial score (nSPS) is 18.4. The van der Waals surface area contributed by atoms with Crippen LogP contribution in [0.25, 0.3) is 0 Å². The van der Waals surface area contributed by atoms with E-state index in [0.717, 1.165) is 50.1 Å². The molecule has 1 N–H and O–H groups in total. The quantitative estimate of drug-likeness (QED) is 0.0771. The summed E-state index contributed by atoms with van der Waals surface area (Å²) in [6.45, 7) is 1.99. The summed E-state index contributed by atoms with van der Waals surface area (Å²) in [5, 5.41) is 10.1. The van der Waals surface area contributed by atoms with E-state index in [9.17, 15) is 5.11 Å². The summed E-state index contributed by atoms with van der Waals surface area (Å²) >= 11 is 7.20. The highest BCUT2D eigenvalue weighted by atomic mass is 35.5. The van der Waals surface area contributed by atoms with Crippen molar-refractivity contribution in [2.75, 3.05) is 13.2 Å². The fraction of sp³-hybridized carbons (Fsp3) is 0.250. The third-order valence-electron chi connectivity index (χ3n) is 11.4. The summed E-state index contributed by atoms with van der Waals surface area (Å²) in [4.78, 5) is 0. The van der Waals surface area contributed by atoms with Crippen molar-refractivity contribution in [1.82, 2.24) is 0 Å². The minimum atomic E-state index is -0.708. The molecule has 0 aliphatic carbocycles. The number of benzene rings is 7. The van der Waals surface area contributed by atoms with Crippen molar-refractivity contribution >= 4 is 11.6 Å². The molecule has 0 unspecified atom stereocenters. The smallest absolute Gasteiger partial charge is 0.127 e. The Labute approximate surface area is 382 Å². The van der Waals surface area contributed by atoms with Crippen LogP contribution in [0.1, 0.15) is 56.2 Å². The van der Waals surface area contributed by atoms with E-state index >= 15 is 0 Å². The Morgan fingerprint density at radius 2 is 0.922 bits per heavy atom. The number of halogens is 1. The predicted octanol–water partition coefficient (Wildman–Crippen LogP) is 11.5. The van der Waals surface area contributed by atoms with Gasteiger partial charge in [-0.2, -0.15) is 0 Å². The number of rotatable bonds is 21. The number of hydrogen-bond acceptors (Lipinski definition) is 7. The van der Waals surface area contributed by atoms with E-state index in [0.29, 0.717) is 56.6 Å². The van der Waals surface area contributed by atoms with Crippen molar-refractivity contribution < 1.29 is 33.5 Å². The van der Waals surface area contributed by atoms with E-state index in [2.05, 4.69) is 78.9 Å². The summed E-state index contributed by atoms with van der Waals surface area (Å²) in [7, 11) is 0. The van der Waals surface area contributed by atoms with Gasteiger partial charge in [0.15, 0.2) is 0 Å². The Balaban J connectivity index is 1.22. The standard InChI is InChI=1S/C56H55ClO7/c57-50-34-51(60-36-44-18-8-2-9-19-44)49(33-48(50)32-42-28-26-41(27-29-42)30-31-58)53-55(62-38-46-22-12-4-13-23-46)56(63-39-47-24-14-5-15-25-47)54(61-37-45-20-10-3-11-21-45)52(64-53)40-59-35-43-16-6-1-7-17-43/h1-29,33-34,52-56,58H,30-32,35-40H2/t52-,53+,54-,55+,56+/m1/s1. The van der Waals surface area contributed by atoms with Gasteiger partial charge >= 0.3 is 0 Å². The fourth-order valence-electron chi connectivity index (χ4n) is 8.05. The molecule has 8 heteroatoms. The van der Waals surface area contributed by atoms with Gasteiger partial charge in [0.25, 0.3) is 0 Å². The zero-order chi connectivity index (χ0) is 43.8. The van der Waals surface area contributed by atoms with E-state index < -0.39 is 30.5 Å². The molecular formula is C56H55ClO7. The highest BCUT2D eigenvalue weighted by Gasteiger charge is 2.50. The van der Waals surface area contributed by atoms with Crippen molar-refractivity contribution in [3.05, 3.63) is 243 Å². The van der Waals surface area contributed by atoms with Gasteiger partial charge in [0.2, 0.25) is 0 Å². The summed E-state index contributed by atoms with van der Waals surface area (Å²) in [5.41, 5.74) is 8.99. The topological polar surface area (TPSA) is 75.6 Å². The van der Waals surface area contributed by atoms with Gasteiger partial charge in [0.1, 0.15) is 42.9 Å². The molecule has 0 saturated carbocycles. The summed E-state index contributed by atoms with van der Waals surface area (Å²) in [5.74, 6) is 0.587. The van der Waals surface area contributed by atoms with E-state index in [4.69, 9.17) is 40.0 Å². The molecule has 5 atom stereocenters. The maximum absolute atomic E-state index is 9.53. The minimum Gasteiger partial charge on any atom is -0.488 e. The molecule has 8 rings (SSSR count). The maximum Gasteiger partial charge on any atom is 0.127 e. The molecule has 1 aliphatic heterocycles. The van der Waals surface area contributed by atoms with E-state index in [1.165, 1.54) is 0 Å².